The Hall–Kier alpha value is -4.58. The lowest BCUT2D eigenvalue weighted by atomic mass is 9.82. The molecule has 4 aromatic carbocycles. The van der Waals surface area contributed by atoms with E-state index in [1.165, 1.54) is 31.4 Å². The zero-order valence-electron chi connectivity index (χ0n) is 24.4. The van der Waals surface area contributed by atoms with Crippen molar-refractivity contribution in [3.8, 4) is 17.2 Å². The van der Waals surface area contributed by atoms with E-state index < -0.39 is 27.4 Å². The number of amides is 2. The highest BCUT2D eigenvalue weighted by Crippen LogP contribution is 2.53. The highest BCUT2D eigenvalue weighted by molar-refractivity contribution is 7.91. The first-order chi connectivity index (χ1) is 21.0. The van der Waals surface area contributed by atoms with E-state index in [9.17, 15) is 18.0 Å². The van der Waals surface area contributed by atoms with E-state index in [1.54, 1.807) is 86.6 Å². The fourth-order valence-electron chi connectivity index (χ4n) is 5.38. The van der Waals surface area contributed by atoms with Crippen molar-refractivity contribution in [2.45, 2.75) is 22.3 Å². The van der Waals surface area contributed by atoms with Crippen molar-refractivity contribution in [1.29, 1.82) is 0 Å². The number of methoxy groups -OCH3 is 1. The second-order valence-corrected chi connectivity index (χ2v) is 12.2. The molecule has 4 aromatic rings. The molecule has 1 aliphatic rings. The molecule has 2 amide bonds. The smallest absolute Gasteiger partial charge is 0.417 e. The van der Waals surface area contributed by atoms with Crippen LogP contribution in [0.5, 0.6) is 17.2 Å². The summed E-state index contributed by atoms with van der Waals surface area (Å²) in [5.74, 6) is -0.132. The van der Waals surface area contributed by atoms with Crippen LogP contribution < -0.4 is 24.8 Å². The van der Waals surface area contributed by atoms with E-state index in [2.05, 4.69) is 10.6 Å². The average molecular weight is 636 g/mol. The first kappa shape index (κ1) is 30.9. The van der Waals surface area contributed by atoms with Crippen molar-refractivity contribution in [2.75, 3.05) is 38.4 Å². The molecule has 2 N–H and O–H groups in total. The number of anilines is 2. The fourth-order valence-corrected chi connectivity index (χ4v) is 7.45. The molecule has 1 unspecified atom stereocenters. The van der Waals surface area contributed by atoms with E-state index in [4.69, 9.17) is 25.8 Å². The number of hydrogen-bond acceptors (Lipinski definition) is 8. The molecule has 0 bridgehead atoms. The minimum atomic E-state index is -4.46. The molecule has 0 aliphatic carbocycles. The summed E-state index contributed by atoms with van der Waals surface area (Å²) in [6, 6.07) is 22.5. The van der Waals surface area contributed by atoms with Crippen molar-refractivity contribution in [1.82, 2.24) is 4.90 Å². The molecule has 0 fully saturated rings. The number of likely N-dealkylation sites (N-methyl/N-ethyl adjacent to an activating group) is 1. The van der Waals surface area contributed by atoms with Gasteiger partial charge < -0.3 is 19.5 Å². The second-order valence-electron chi connectivity index (χ2n) is 9.98. The van der Waals surface area contributed by atoms with Gasteiger partial charge in [0.1, 0.15) is 27.0 Å². The number of fused-ring (bicyclic) bond motifs is 1. The Labute approximate surface area is 260 Å². The van der Waals surface area contributed by atoms with Gasteiger partial charge in [-0.05, 0) is 63.5 Å². The Morgan fingerprint density at radius 2 is 1.68 bits per heavy atom. The molecule has 0 saturated heterocycles. The van der Waals surface area contributed by atoms with Gasteiger partial charge in [0, 0.05) is 33.6 Å². The maximum Gasteiger partial charge on any atom is 0.417 e. The number of carbonyl (C=O) groups is 2. The molecule has 0 aromatic heterocycles. The number of carbonyl (C=O) groups excluding carboxylic acids is 2. The minimum absolute atomic E-state index is 0.0481. The lowest BCUT2D eigenvalue weighted by Gasteiger charge is -2.36. The van der Waals surface area contributed by atoms with Crippen molar-refractivity contribution >= 4 is 44.8 Å². The molecule has 1 heterocycles. The topological polar surface area (TPSA) is 123 Å². The Morgan fingerprint density at radius 3 is 2.34 bits per heavy atom. The van der Waals surface area contributed by atoms with Crippen LogP contribution >= 0.6 is 11.6 Å². The third kappa shape index (κ3) is 5.23. The molecule has 228 valence electrons. The highest BCUT2D eigenvalue weighted by Gasteiger charge is 2.55. The monoisotopic (exact) mass is 635 g/mol. The van der Waals surface area contributed by atoms with Crippen molar-refractivity contribution in [3.05, 3.63) is 101 Å². The predicted octanol–water partition coefficient (Wildman–Crippen LogP) is 5.95. The summed E-state index contributed by atoms with van der Waals surface area (Å²) >= 11 is 6.66. The standard InChI is InChI=1S/C32H30ClN3O7S/c1-5-42-25-17-16-24-28(32(36(2)3,30(37)35-24)22-13-9-10-14-23(22)33)29(25)44(39,40)27-18-15-20(19-26(27)41-4)34-31(38)43-21-11-7-6-8-12-21/h6-19H,5H2,1-4H3,(H,34,38)(H,35,37). The van der Waals surface area contributed by atoms with Crippen molar-refractivity contribution < 1.29 is 32.2 Å². The summed E-state index contributed by atoms with van der Waals surface area (Å²) in [6.45, 7) is 1.89. The third-order valence-corrected chi connectivity index (χ3v) is 9.41. The molecule has 1 atom stereocenters. The van der Waals surface area contributed by atoms with Crippen LogP contribution in [-0.4, -0.2) is 53.1 Å². The molecular weight excluding hydrogens is 606 g/mol. The SMILES string of the molecule is CCOc1ccc2c(c1S(=O)(=O)c1ccc(NC(=O)Oc3ccccc3)cc1OC)C(c1ccccc1Cl)(N(C)C)C(=O)N2. The second kappa shape index (κ2) is 12.2. The number of rotatable bonds is 9. The summed E-state index contributed by atoms with van der Waals surface area (Å²) in [5.41, 5.74) is -0.523. The number of para-hydroxylation sites is 1. The van der Waals surface area contributed by atoms with Gasteiger partial charge in [-0.1, -0.05) is 48.0 Å². The molecule has 1 aliphatic heterocycles. The van der Waals surface area contributed by atoms with Gasteiger partial charge in [-0.25, -0.2) is 13.2 Å². The van der Waals surface area contributed by atoms with Gasteiger partial charge in [-0.3, -0.25) is 15.0 Å². The van der Waals surface area contributed by atoms with Gasteiger partial charge in [0.15, 0.2) is 5.54 Å². The molecular formula is C32H30ClN3O7S. The Kier molecular flexibility index (Phi) is 8.55. The molecule has 44 heavy (non-hydrogen) atoms. The van der Waals surface area contributed by atoms with Gasteiger partial charge in [-0.15, -0.1) is 0 Å². The van der Waals surface area contributed by atoms with Crippen molar-refractivity contribution in [3.63, 3.8) is 0 Å². The van der Waals surface area contributed by atoms with Gasteiger partial charge in [0.2, 0.25) is 9.84 Å². The fraction of sp³-hybridized carbons (Fsp3) is 0.188. The quantitative estimate of drug-likeness (QED) is 0.231. The van der Waals surface area contributed by atoms with Gasteiger partial charge in [-0.2, -0.15) is 0 Å². The van der Waals surface area contributed by atoms with E-state index in [-0.39, 0.29) is 44.2 Å². The van der Waals surface area contributed by atoms with Crippen LogP contribution in [-0.2, 0) is 20.2 Å². The first-order valence-electron chi connectivity index (χ1n) is 13.6. The summed E-state index contributed by atoms with van der Waals surface area (Å²) in [5, 5.41) is 5.72. The zero-order valence-corrected chi connectivity index (χ0v) is 26.0. The van der Waals surface area contributed by atoms with Crippen LogP contribution in [0.3, 0.4) is 0 Å². The summed E-state index contributed by atoms with van der Waals surface area (Å²) in [7, 11) is 0.215. The minimum Gasteiger partial charge on any atom is -0.495 e. The van der Waals surface area contributed by atoms with E-state index in [0.29, 0.717) is 17.0 Å². The van der Waals surface area contributed by atoms with E-state index >= 15 is 0 Å². The summed E-state index contributed by atoms with van der Waals surface area (Å²) < 4.78 is 46.1. The van der Waals surface area contributed by atoms with Crippen LogP contribution in [0.25, 0.3) is 0 Å². The average Bonchev–Trinajstić information content (AvgIpc) is 3.29. The number of nitrogens with zero attached hydrogens (tertiary/aromatic N) is 1. The van der Waals surface area contributed by atoms with Gasteiger partial charge in [0.05, 0.1) is 13.7 Å². The highest BCUT2D eigenvalue weighted by atomic mass is 35.5. The molecule has 5 rings (SSSR count). The molecule has 0 radical (unpaired) electrons. The Bertz CT molecular complexity index is 1850. The maximum atomic E-state index is 14.7. The van der Waals surface area contributed by atoms with Crippen molar-refractivity contribution in [2.24, 2.45) is 0 Å². The van der Waals surface area contributed by atoms with Crippen LogP contribution in [0.15, 0.2) is 94.7 Å². The number of halogens is 1. The zero-order chi connectivity index (χ0) is 31.6. The number of benzene rings is 4. The largest absolute Gasteiger partial charge is 0.495 e. The lowest BCUT2D eigenvalue weighted by molar-refractivity contribution is -0.124. The summed E-state index contributed by atoms with van der Waals surface area (Å²) in [4.78, 5) is 27.6. The normalized spacial score (nSPS) is 15.8. The van der Waals surface area contributed by atoms with Crippen LogP contribution in [0.4, 0.5) is 16.2 Å². The maximum absolute atomic E-state index is 14.7. The summed E-state index contributed by atoms with van der Waals surface area (Å²) in [6.07, 6.45) is -0.770. The van der Waals surface area contributed by atoms with Gasteiger partial charge >= 0.3 is 6.09 Å². The van der Waals surface area contributed by atoms with Crippen LogP contribution in [0.2, 0.25) is 5.02 Å². The molecule has 0 spiro atoms. The first-order valence-corrected chi connectivity index (χ1v) is 15.4. The van der Waals surface area contributed by atoms with E-state index in [0.717, 1.165) is 0 Å². The van der Waals surface area contributed by atoms with E-state index in [1.807, 2.05) is 0 Å². The Balaban J connectivity index is 1.67. The molecule has 12 heteroatoms. The molecule has 0 saturated carbocycles. The number of ether oxygens (including phenoxy) is 3. The lowest BCUT2D eigenvalue weighted by Crippen LogP contribution is -2.49. The number of hydrogen-bond donors (Lipinski definition) is 2. The van der Waals surface area contributed by atoms with Crippen LogP contribution in [0, 0.1) is 0 Å². The third-order valence-electron chi connectivity index (χ3n) is 7.22. The molecule has 10 nitrogen and oxygen atoms in total. The number of nitrogens with one attached hydrogen (secondary N) is 2. The van der Waals surface area contributed by atoms with Crippen LogP contribution in [0.1, 0.15) is 18.1 Å². The Morgan fingerprint density at radius 1 is 0.977 bits per heavy atom. The van der Waals surface area contributed by atoms with Gasteiger partial charge in [0.25, 0.3) is 5.91 Å². The predicted molar refractivity (Wildman–Crippen MR) is 167 cm³/mol. The number of sulfone groups is 1.